The van der Waals surface area contributed by atoms with E-state index in [1.165, 1.54) is 0 Å². The Labute approximate surface area is 164 Å². The monoisotopic (exact) mass is 377 g/mol. The van der Waals surface area contributed by atoms with Crippen LogP contribution in [-0.4, -0.2) is 24.4 Å². The van der Waals surface area contributed by atoms with Crippen molar-refractivity contribution in [2.24, 2.45) is 0 Å². The van der Waals surface area contributed by atoms with Crippen molar-refractivity contribution in [3.05, 3.63) is 78.4 Å². The maximum atomic E-state index is 10.0. The minimum absolute atomic E-state index is 0.140. The van der Waals surface area contributed by atoms with Gasteiger partial charge in [-0.25, -0.2) is 0 Å². The van der Waals surface area contributed by atoms with E-state index in [4.69, 9.17) is 14.7 Å². The normalized spacial score (nSPS) is 11.4. The maximum absolute atomic E-state index is 10.0. The highest BCUT2D eigenvalue weighted by atomic mass is 32.1. The lowest BCUT2D eigenvalue weighted by molar-refractivity contribution is 0.0626. The van der Waals surface area contributed by atoms with Crippen LogP contribution < -0.4 is 9.47 Å². The topological polar surface area (TPSA) is 62.5 Å². The molecule has 1 unspecified atom stereocenters. The molecule has 0 saturated heterocycles. The lowest BCUT2D eigenvalue weighted by Crippen LogP contribution is -2.25. The highest BCUT2D eigenvalue weighted by Gasteiger charge is 2.07. The summed E-state index contributed by atoms with van der Waals surface area (Å²) in [6.45, 7) is 0.288. The summed E-state index contributed by atoms with van der Waals surface area (Å²) in [5.74, 6) is 1.35. The van der Waals surface area contributed by atoms with Crippen molar-refractivity contribution < 1.29 is 14.6 Å². The molecule has 0 saturated carbocycles. The van der Waals surface area contributed by atoms with Crippen LogP contribution in [0.1, 0.15) is 5.56 Å². The Morgan fingerprint density at radius 2 is 1.22 bits per heavy atom. The van der Waals surface area contributed by atoms with E-state index in [-0.39, 0.29) is 13.2 Å². The summed E-state index contributed by atoms with van der Waals surface area (Å²) in [4.78, 5) is 0.857. The molecule has 3 aromatic carbocycles. The Morgan fingerprint density at radius 1 is 0.778 bits per heavy atom. The smallest absolute Gasteiger partial charge is 0.122 e. The van der Waals surface area contributed by atoms with Crippen molar-refractivity contribution in [2.45, 2.75) is 11.0 Å². The molecule has 3 aromatic rings. The van der Waals surface area contributed by atoms with E-state index in [0.717, 1.165) is 16.0 Å². The molecule has 1 atom stereocenters. The molecule has 0 aliphatic rings. The zero-order valence-corrected chi connectivity index (χ0v) is 15.5. The molecule has 3 rings (SSSR count). The number of nitriles is 1. The molecule has 0 amide bonds. The molecular weight excluding hydrogens is 358 g/mol. The Morgan fingerprint density at radius 3 is 1.70 bits per heavy atom. The van der Waals surface area contributed by atoms with Crippen LogP contribution in [0.25, 0.3) is 11.1 Å². The SMILES string of the molecule is N#Cc1ccc(-c2ccc(OCC(O)COc3ccc(S)cc3)cc2)cc1. The Kier molecular flexibility index (Phi) is 6.37. The molecule has 0 aromatic heterocycles. The second-order valence-electron chi connectivity index (χ2n) is 5.98. The van der Waals surface area contributed by atoms with Crippen molar-refractivity contribution in [2.75, 3.05) is 13.2 Å². The van der Waals surface area contributed by atoms with Gasteiger partial charge >= 0.3 is 0 Å². The van der Waals surface area contributed by atoms with E-state index < -0.39 is 6.10 Å². The molecular formula is C22H19NO3S. The standard InChI is InChI=1S/C22H19NO3S/c23-13-16-1-3-17(4-2-16)18-5-7-20(8-6-18)25-14-19(24)15-26-21-9-11-22(27)12-10-21/h1-12,19,24,27H,14-15H2. The molecule has 1 N–H and O–H groups in total. The van der Waals surface area contributed by atoms with E-state index in [1.54, 1.807) is 24.3 Å². The van der Waals surface area contributed by atoms with Crippen LogP contribution in [0.3, 0.4) is 0 Å². The molecule has 0 aliphatic carbocycles. The van der Waals surface area contributed by atoms with Gasteiger partial charge in [-0.1, -0.05) is 24.3 Å². The van der Waals surface area contributed by atoms with Gasteiger partial charge < -0.3 is 14.6 Å². The summed E-state index contributed by atoms with van der Waals surface area (Å²) in [5.41, 5.74) is 2.70. The molecule has 4 nitrogen and oxygen atoms in total. The van der Waals surface area contributed by atoms with Gasteiger partial charge in [-0.3, -0.25) is 0 Å². The largest absolute Gasteiger partial charge is 0.491 e. The first-order valence-corrected chi connectivity index (χ1v) is 8.92. The van der Waals surface area contributed by atoms with Gasteiger partial charge in [0, 0.05) is 4.90 Å². The van der Waals surface area contributed by atoms with Gasteiger partial charge in [0.15, 0.2) is 0 Å². The molecule has 136 valence electrons. The quantitative estimate of drug-likeness (QED) is 0.602. The third-order valence-electron chi connectivity index (χ3n) is 3.92. The summed E-state index contributed by atoms with van der Waals surface area (Å²) in [6, 6.07) is 24.4. The van der Waals surface area contributed by atoms with Crippen LogP contribution in [0, 0.1) is 11.3 Å². The van der Waals surface area contributed by atoms with E-state index in [9.17, 15) is 5.11 Å². The number of hydrogen-bond donors (Lipinski definition) is 2. The summed E-state index contributed by atoms with van der Waals surface area (Å²) in [5, 5.41) is 18.9. The average Bonchev–Trinajstić information content (AvgIpc) is 2.72. The highest BCUT2D eigenvalue weighted by molar-refractivity contribution is 7.80. The van der Waals surface area contributed by atoms with Gasteiger partial charge in [-0.05, 0) is 59.7 Å². The molecule has 5 heteroatoms. The number of aliphatic hydroxyl groups is 1. The van der Waals surface area contributed by atoms with E-state index in [1.807, 2.05) is 48.5 Å². The van der Waals surface area contributed by atoms with Crippen LogP contribution >= 0.6 is 12.6 Å². The molecule has 27 heavy (non-hydrogen) atoms. The zero-order valence-electron chi connectivity index (χ0n) is 14.6. The molecule has 0 spiro atoms. The third-order valence-corrected chi connectivity index (χ3v) is 4.22. The maximum Gasteiger partial charge on any atom is 0.122 e. The number of thiol groups is 1. The predicted molar refractivity (Wildman–Crippen MR) is 107 cm³/mol. The van der Waals surface area contributed by atoms with Crippen LogP contribution in [0.2, 0.25) is 0 Å². The Hall–Kier alpha value is -2.94. The molecule has 0 heterocycles. The van der Waals surface area contributed by atoms with Crippen molar-refractivity contribution >= 4 is 12.6 Å². The molecule has 0 fully saturated rings. The Bertz CT molecular complexity index is 900. The predicted octanol–water partition coefficient (Wildman–Crippen LogP) is 4.33. The summed E-state index contributed by atoms with van der Waals surface area (Å²) < 4.78 is 11.1. The fraction of sp³-hybridized carbons (Fsp3) is 0.136. The van der Waals surface area contributed by atoms with Crippen molar-refractivity contribution in [1.82, 2.24) is 0 Å². The van der Waals surface area contributed by atoms with E-state index >= 15 is 0 Å². The fourth-order valence-electron chi connectivity index (χ4n) is 2.46. The lowest BCUT2D eigenvalue weighted by atomic mass is 10.0. The van der Waals surface area contributed by atoms with Gasteiger partial charge in [0.1, 0.15) is 30.8 Å². The minimum Gasteiger partial charge on any atom is -0.491 e. The second kappa shape index (κ2) is 9.13. The fourth-order valence-corrected chi connectivity index (χ4v) is 2.61. The molecule has 0 bridgehead atoms. The van der Waals surface area contributed by atoms with E-state index in [2.05, 4.69) is 18.7 Å². The number of rotatable bonds is 7. The first-order valence-electron chi connectivity index (χ1n) is 8.47. The van der Waals surface area contributed by atoms with Crippen LogP contribution in [-0.2, 0) is 0 Å². The minimum atomic E-state index is -0.737. The Balaban J connectivity index is 1.49. The number of ether oxygens (including phenoxy) is 2. The highest BCUT2D eigenvalue weighted by Crippen LogP contribution is 2.23. The van der Waals surface area contributed by atoms with Gasteiger partial charge in [0.05, 0.1) is 11.6 Å². The summed E-state index contributed by atoms with van der Waals surface area (Å²) in [6.07, 6.45) is -0.737. The third kappa shape index (κ3) is 5.52. The van der Waals surface area contributed by atoms with Crippen LogP contribution in [0.15, 0.2) is 77.7 Å². The number of nitrogens with zero attached hydrogens (tertiary/aromatic N) is 1. The van der Waals surface area contributed by atoms with Crippen molar-refractivity contribution in [3.63, 3.8) is 0 Å². The van der Waals surface area contributed by atoms with Gasteiger partial charge in [0.2, 0.25) is 0 Å². The molecule has 0 radical (unpaired) electrons. The van der Waals surface area contributed by atoms with Crippen LogP contribution in [0.4, 0.5) is 0 Å². The number of hydrogen-bond acceptors (Lipinski definition) is 5. The van der Waals surface area contributed by atoms with Gasteiger partial charge in [-0.2, -0.15) is 5.26 Å². The van der Waals surface area contributed by atoms with Crippen molar-refractivity contribution in [1.29, 1.82) is 5.26 Å². The molecule has 0 aliphatic heterocycles. The first-order chi connectivity index (χ1) is 13.1. The average molecular weight is 377 g/mol. The first kappa shape index (κ1) is 18.8. The summed E-state index contributed by atoms with van der Waals surface area (Å²) >= 11 is 4.22. The second-order valence-corrected chi connectivity index (χ2v) is 6.50. The zero-order chi connectivity index (χ0) is 19.1. The van der Waals surface area contributed by atoms with Crippen molar-refractivity contribution in [3.8, 4) is 28.7 Å². The van der Waals surface area contributed by atoms with E-state index in [0.29, 0.717) is 17.1 Å². The van der Waals surface area contributed by atoms with Gasteiger partial charge in [0.25, 0.3) is 0 Å². The lowest BCUT2D eigenvalue weighted by Gasteiger charge is -2.14. The number of benzene rings is 3. The summed E-state index contributed by atoms with van der Waals surface area (Å²) in [7, 11) is 0. The van der Waals surface area contributed by atoms with Gasteiger partial charge in [-0.15, -0.1) is 12.6 Å². The number of aliphatic hydroxyl groups excluding tert-OH is 1. The van der Waals surface area contributed by atoms with Crippen LogP contribution in [0.5, 0.6) is 11.5 Å².